The number of hydrogen-bond donors (Lipinski definition) is 2. The van der Waals surface area contributed by atoms with E-state index in [1.165, 1.54) is 6.20 Å². The average Bonchev–Trinajstić information content (AvgIpc) is 3.16. The Balaban J connectivity index is 1.47. The predicted octanol–water partition coefficient (Wildman–Crippen LogP) is 0.851. The van der Waals surface area contributed by atoms with Crippen molar-refractivity contribution in [2.75, 3.05) is 18.8 Å². The zero-order valence-electron chi connectivity index (χ0n) is 16.6. The number of carboxylic acid groups (broad SMARTS) is 1. The molecule has 2 fully saturated rings. The summed E-state index contributed by atoms with van der Waals surface area (Å²) < 4.78 is 1.71. The van der Waals surface area contributed by atoms with Crippen molar-refractivity contribution in [1.29, 1.82) is 0 Å². The Morgan fingerprint density at radius 2 is 2.17 bits per heavy atom. The van der Waals surface area contributed by atoms with E-state index in [0.717, 1.165) is 23.3 Å². The third-order valence-electron chi connectivity index (χ3n) is 5.86. The summed E-state index contributed by atoms with van der Waals surface area (Å²) in [5.41, 5.74) is 7.42. The van der Waals surface area contributed by atoms with E-state index >= 15 is 0 Å². The highest BCUT2D eigenvalue weighted by Crippen LogP contribution is 2.34. The Labute approximate surface area is 173 Å². The van der Waals surface area contributed by atoms with Crippen LogP contribution in [-0.4, -0.2) is 66.7 Å². The molecule has 3 N–H and O–H groups in total. The summed E-state index contributed by atoms with van der Waals surface area (Å²) in [4.78, 5) is 44.1. The molecule has 10 nitrogen and oxygen atoms in total. The largest absolute Gasteiger partial charge is 0.480 e. The van der Waals surface area contributed by atoms with E-state index < -0.39 is 29.9 Å². The number of carbonyl (C=O) groups excluding carboxylic acids is 2. The van der Waals surface area contributed by atoms with Crippen molar-refractivity contribution < 1.29 is 19.5 Å². The van der Waals surface area contributed by atoms with Gasteiger partial charge in [0, 0.05) is 38.4 Å². The van der Waals surface area contributed by atoms with Gasteiger partial charge in [0.05, 0.1) is 12.1 Å². The molecule has 0 bridgehead atoms. The Kier molecular flexibility index (Phi) is 5.15. The van der Waals surface area contributed by atoms with Crippen LogP contribution in [0.4, 0.5) is 10.6 Å². The zero-order valence-corrected chi connectivity index (χ0v) is 16.6. The van der Waals surface area contributed by atoms with Gasteiger partial charge in [0.15, 0.2) is 6.04 Å². The van der Waals surface area contributed by atoms with Crippen LogP contribution >= 0.6 is 0 Å². The van der Waals surface area contributed by atoms with Crippen LogP contribution < -0.4 is 5.73 Å². The summed E-state index contributed by atoms with van der Waals surface area (Å²) in [6.07, 6.45) is 7.11. The first-order valence-corrected chi connectivity index (χ1v) is 9.89. The van der Waals surface area contributed by atoms with Crippen LogP contribution in [0.1, 0.15) is 29.9 Å². The number of aryl methyl sites for hydroxylation is 1. The number of hydrogen-bond acceptors (Lipinski definition) is 6. The fourth-order valence-electron chi connectivity index (χ4n) is 4.34. The Morgan fingerprint density at radius 3 is 2.83 bits per heavy atom. The van der Waals surface area contributed by atoms with Crippen LogP contribution in [0.3, 0.4) is 0 Å². The summed E-state index contributed by atoms with van der Waals surface area (Å²) in [6.45, 7) is 0.934. The van der Waals surface area contributed by atoms with Crippen molar-refractivity contribution in [2.45, 2.75) is 31.2 Å². The molecule has 1 unspecified atom stereocenters. The summed E-state index contributed by atoms with van der Waals surface area (Å²) in [5.74, 6) is -2.03. The number of carboxylic acids is 1. The van der Waals surface area contributed by atoms with E-state index in [0.29, 0.717) is 24.5 Å². The molecule has 0 radical (unpaired) electrons. The van der Waals surface area contributed by atoms with Crippen molar-refractivity contribution >= 4 is 23.7 Å². The smallest absolute Gasteiger partial charge is 0.327 e. The molecule has 3 atom stereocenters. The molecular formula is C20H24N6O4. The normalized spacial score (nSPS) is 23.9. The number of imide groups is 1. The fourth-order valence-corrected chi connectivity index (χ4v) is 4.34. The van der Waals surface area contributed by atoms with Crippen molar-refractivity contribution in [2.24, 2.45) is 13.0 Å². The molecule has 0 aromatic carbocycles. The molecule has 2 aromatic heterocycles. The number of nitrogens with zero attached hydrogens (tertiary/aromatic N) is 5. The van der Waals surface area contributed by atoms with Crippen LogP contribution in [-0.2, 0) is 23.1 Å². The quantitative estimate of drug-likeness (QED) is 0.711. The number of nitrogens with two attached hydrogens (primary N) is 1. The molecule has 3 amide bonds. The first-order valence-electron chi connectivity index (χ1n) is 9.89. The summed E-state index contributed by atoms with van der Waals surface area (Å²) in [6, 6.07) is 1.58. The Bertz CT molecular complexity index is 989. The molecule has 0 aliphatic carbocycles. The number of anilines is 1. The van der Waals surface area contributed by atoms with Crippen LogP contribution in [0.15, 0.2) is 30.7 Å². The van der Waals surface area contributed by atoms with Crippen molar-refractivity contribution in [3.05, 3.63) is 41.9 Å². The third kappa shape index (κ3) is 3.60. The number of likely N-dealkylation sites (tertiary alicyclic amines) is 2. The van der Waals surface area contributed by atoms with Gasteiger partial charge in [-0.05, 0) is 42.5 Å². The fraction of sp³-hybridized carbons (Fsp3) is 0.450. The van der Waals surface area contributed by atoms with Gasteiger partial charge < -0.3 is 15.7 Å². The number of β-lactam (4-membered cyclic amide) rings is 1. The van der Waals surface area contributed by atoms with Gasteiger partial charge in [0.1, 0.15) is 5.82 Å². The maximum atomic E-state index is 13.1. The zero-order chi connectivity index (χ0) is 21.4. The van der Waals surface area contributed by atoms with E-state index in [9.17, 15) is 19.5 Å². The number of rotatable bonds is 4. The number of piperidine rings is 1. The van der Waals surface area contributed by atoms with Crippen LogP contribution in [0.5, 0.6) is 0 Å². The van der Waals surface area contributed by atoms with Crippen molar-refractivity contribution in [3.8, 4) is 0 Å². The highest BCUT2D eigenvalue weighted by molar-refractivity contribution is 6.07. The SMILES string of the molecule is Cn1cc(C2CCCN(C(=O)N3C(=O)[C@H](Cc4ccnc(N)c4)[C@H]3C(=O)O)C2)cn1. The first kappa shape index (κ1) is 19.9. The topological polar surface area (TPSA) is 135 Å². The number of carbonyl (C=O) groups is 3. The molecule has 4 rings (SSSR count). The van der Waals surface area contributed by atoms with Gasteiger partial charge in [0.2, 0.25) is 5.91 Å². The molecule has 30 heavy (non-hydrogen) atoms. The van der Waals surface area contributed by atoms with Gasteiger partial charge >= 0.3 is 12.0 Å². The maximum Gasteiger partial charge on any atom is 0.327 e. The third-order valence-corrected chi connectivity index (χ3v) is 5.86. The lowest BCUT2D eigenvalue weighted by Crippen LogP contribution is -2.69. The molecule has 2 saturated heterocycles. The van der Waals surface area contributed by atoms with Crippen molar-refractivity contribution in [1.82, 2.24) is 24.6 Å². The summed E-state index contributed by atoms with van der Waals surface area (Å²) in [7, 11) is 1.84. The second-order valence-electron chi connectivity index (χ2n) is 7.91. The molecule has 10 heteroatoms. The molecular weight excluding hydrogens is 388 g/mol. The predicted molar refractivity (Wildman–Crippen MR) is 106 cm³/mol. The van der Waals surface area contributed by atoms with Gasteiger partial charge in [-0.2, -0.15) is 5.10 Å². The van der Waals surface area contributed by atoms with E-state index in [1.807, 2.05) is 13.2 Å². The molecule has 0 spiro atoms. The van der Waals surface area contributed by atoms with Gasteiger partial charge in [-0.1, -0.05) is 0 Å². The van der Waals surface area contributed by atoms with Gasteiger partial charge in [-0.25, -0.2) is 19.5 Å². The van der Waals surface area contributed by atoms with Crippen LogP contribution in [0.25, 0.3) is 0 Å². The van der Waals surface area contributed by atoms with E-state index in [4.69, 9.17) is 5.73 Å². The number of aromatic nitrogens is 3. The summed E-state index contributed by atoms with van der Waals surface area (Å²) >= 11 is 0. The van der Waals surface area contributed by atoms with E-state index in [1.54, 1.807) is 27.9 Å². The lowest BCUT2D eigenvalue weighted by Gasteiger charge is -2.46. The number of nitrogen functional groups attached to an aromatic ring is 1. The standard InChI is InChI=1S/C20H24N6O4/c1-24-10-14(9-23-24)13-3-2-6-25(11-13)20(30)26-17(19(28)29)15(18(26)27)7-12-4-5-22-16(21)8-12/h4-5,8-10,13,15,17H,2-3,6-7,11H2,1H3,(H2,21,22)(H,28,29)/t13?,15-,17+/m1/s1. The Morgan fingerprint density at radius 1 is 1.37 bits per heavy atom. The molecule has 2 aromatic rings. The van der Waals surface area contributed by atoms with E-state index in [2.05, 4.69) is 10.1 Å². The number of amides is 3. The van der Waals surface area contributed by atoms with Gasteiger partial charge in [0.25, 0.3) is 0 Å². The Hall–Kier alpha value is -3.43. The maximum absolute atomic E-state index is 13.1. The highest BCUT2D eigenvalue weighted by Gasteiger charge is 2.55. The average molecular weight is 412 g/mol. The minimum Gasteiger partial charge on any atom is -0.480 e. The molecule has 158 valence electrons. The molecule has 2 aliphatic rings. The van der Waals surface area contributed by atoms with Crippen molar-refractivity contribution in [3.63, 3.8) is 0 Å². The minimum absolute atomic E-state index is 0.117. The lowest BCUT2D eigenvalue weighted by atomic mass is 9.82. The number of urea groups is 1. The number of pyridine rings is 1. The van der Waals surface area contributed by atoms with Gasteiger partial charge in [-0.15, -0.1) is 0 Å². The van der Waals surface area contributed by atoms with Crippen LogP contribution in [0, 0.1) is 5.92 Å². The highest BCUT2D eigenvalue weighted by atomic mass is 16.4. The second kappa shape index (κ2) is 7.77. The lowest BCUT2D eigenvalue weighted by molar-refractivity contribution is -0.166. The summed E-state index contributed by atoms with van der Waals surface area (Å²) in [5, 5.41) is 13.9. The van der Waals surface area contributed by atoms with E-state index in [-0.39, 0.29) is 12.3 Å². The first-order chi connectivity index (χ1) is 14.3. The molecule has 4 heterocycles. The van der Waals surface area contributed by atoms with Crippen LogP contribution in [0.2, 0.25) is 0 Å². The molecule has 2 aliphatic heterocycles. The van der Waals surface area contributed by atoms with Gasteiger partial charge in [-0.3, -0.25) is 9.48 Å². The minimum atomic E-state index is -1.18. The second-order valence-corrected chi connectivity index (χ2v) is 7.91. The molecule has 0 saturated carbocycles. The monoisotopic (exact) mass is 412 g/mol. The number of aliphatic carboxylic acids is 1.